The molecule has 0 fully saturated rings. The number of amides is 1. The van der Waals surface area contributed by atoms with Crippen LogP contribution >= 0.6 is 0 Å². The molecule has 76 valence electrons. The average Bonchev–Trinajstić information content (AvgIpc) is 2.01. The number of anilines is 1. The van der Waals surface area contributed by atoms with Crippen LogP contribution in [0.1, 0.15) is 19.0 Å². The Hall–Kier alpha value is -1.42. The van der Waals surface area contributed by atoms with Gasteiger partial charge in [-0.1, -0.05) is 6.07 Å². The first kappa shape index (κ1) is 10.7. The highest BCUT2D eigenvalue weighted by atomic mass is 16.1. The average molecular weight is 193 g/mol. The zero-order valence-electron chi connectivity index (χ0n) is 8.45. The number of aryl methyl sites for hydroxylation is 1. The number of nitrogens with zero attached hydrogens (tertiary/aromatic N) is 1. The van der Waals surface area contributed by atoms with E-state index in [-0.39, 0.29) is 11.9 Å². The van der Waals surface area contributed by atoms with Gasteiger partial charge in [0.1, 0.15) is 5.82 Å². The molecule has 1 aromatic rings. The number of aromatic nitrogens is 1. The Morgan fingerprint density at radius 2 is 2.36 bits per heavy atom. The molecule has 1 atom stereocenters. The van der Waals surface area contributed by atoms with E-state index in [1.807, 2.05) is 19.1 Å². The third-order valence-corrected chi connectivity index (χ3v) is 1.66. The molecular formula is C10H15N3O. The standard InChI is InChI=1S/C10H15N3O/c1-7(11)6-10(14)13-9-5-3-4-8(2)12-9/h3-5,7H,6,11H2,1-2H3,(H,12,13,14). The Kier molecular flexibility index (Phi) is 3.59. The van der Waals surface area contributed by atoms with Gasteiger partial charge in [-0.2, -0.15) is 0 Å². The topological polar surface area (TPSA) is 68.0 Å². The van der Waals surface area contributed by atoms with Gasteiger partial charge in [-0.05, 0) is 26.0 Å². The van der Waals surface area contributed by atoms with Gasteiger partial charge in [0.25, 0.3) is 0 Å². The lowest BCUT2D eigenvalue weighted by atomic mass is 10.2. The van der Waals surface area contributed by atoms with E-state index in [1.165, 1.54) is 0 Å². The largest absolute Gasteiger partial charge is 0.327 e. The molecule has 0 aliphatic heterocycles. The molecule has 0 aliphatic carbocycles. The maximum absolute atomic E-state index is 11.3. The van der Waals surface area contributed by atoms with Crippen molar-refractivity contribution in [3.8, 4) is 0 Å². The molecule has 0 aromatic carbocycles. The number of hydrogen-bond acceptors (Lipinski definition) is 3. The predicted molar refractivity (Wildman–Crippen MR) is 55.9 cm³/mol. The van der Waals surface area contributed by atoms with Crippen LogP contribution in [-0.4, -0.2) is 16.9 Å². The SMILES string of the molecule is Cc1cccc(NC(=O)CC(C)N)n1. The first-order valence-electron chi connectivity index (χ1n) is 4.57. The van der Waals surface area contributed by atoms with Crippen LogP contribution in [0.15, 0.2) is 18.2 Å². The fraction of sp³-hybridized carbons (Fsp3) is 0.400. The summed E-state index contributed by atoms with van der Waals surface area (Å²) in [5.41, 5.74) is 6.37. The van der Waals surface area contributed by atoms with Crippen molar-refractivity contribution in [3.05, 3.63) is 23.9 Å². The summed E-state index contributed by atoms with van der Waals surface area (Å²) in [5.74, 6) is 0.480. The summed E-state index contributed by atoms with van der Waals surface area (Å²) in [7, 11) is 0. The van der Waals surface area contributed by atoms with Gasteiger partial charge in [0.2, 0.25) is 5.91 Å². The van der Waals surface area contributed by atoms with Crippen molar-refractivity contribution >= 4 is 11.7 Å². The third-order valence-electron chi connectivity index (χ3n) is 1.66. The van der Waals surface area contributed by atoms with Gasteiger partial charge in [-0.15, -0.1) is 0 Å². The molecule has 3 N–H and O–H groups in total. The number of rotatable bonds is 3. The smallest absolute Gasteiger partial charge is 0.227 e. The van der Waals surface area contributed by atoms with Crippen molar-refractivity contribution in [2.75, 3.05) is 5.32 Å². The first-order chi connectivity index (χ1) is 6.58. The summed E-state index contributed by atoms with van der Waals surface area (Å²) in [6.07, 6.45) is 0.315. The van der Waals surface area contributed by atoms with Crippen molar-refractivity contribution in [2.24, 2.45) is 5.73 Å². The van der Waals surface area contributed by atoms with Gasteiger partial charge in [0.15, 0.2) is 0 Å². The van der Waals surface area contributed by atoms with Crippen LogP contribution in [0.2, 0.25) is 0 Å². The molecular weight excluding hydrogens is 178 g/mol. The van der Waals surface area contributed by atoms with Crippen molar-refractivity contribution in [1.82, 2.24) is 4.98 Å². The summed E-state index contributed by atoms with van der Waals surface area (Å²) in [4.78, 5) is 15.5. The monoisotopic (exact) mass is 193 g/mol. The number of nitrogens with one attached hydrogen (secondary N) is 1. The molecule has 4 heteroatoms. The van der Waals surface area contributed by atoms with E-state index in [4.69, 9.17) is 5.73 Å². The van der Waals surface area contributed by atoms with E-state index in [0.29, 0.717) is 12.2 Å². The zero-order chi connectivity index (χ0) is 10.6. The molecule has 0 bridgehead atoms. The number of nitrogens with two attached hydrogens (primary N) is 1. The number of pyridine rings is 1. The van der Waals surface area contributed by atoms with E-state index in [9.17, 15) is 4.79 Å². The zero-order valence-corrected chi connectivity index (χ0v) is 8.45. The molecule has 1 heterocycles. The van der Waals surface area contributed by atoms with Crippen LogP contribution in [0, 0.1) is 6.92 Å². The van der Waals surface area contributed by atoms with E-state index in [0.717, 1.165) is 5.69 Å². The minimum Gasteiger partial charge on any atom is -0.327 e. The minimum absolute atomic E-state index is 0.0990. The Labute approximate surface area is 83.5 Å². The lowest BCUT2D eigenvalue weighted by Gasteiger charge is -2.06. The van der Waals surface area contributed by atoms with Gasteiger partial charge in [-0.25, -0.2) is 4.98 Å². The second-order valence-corrected chi connectivity index (χ2v) is 3.39. The molecule has 1 amide bonds. The van der Waals surface area contributed by atoms with Crippen LogP contribution in [0.25, 0.3) is 0 Å². The van der Waals surface area contributed by atoms with Gasteiger partial charge >= 0.3 is 0 Å². The van der Waals surface area contributed by atoms with Crippen molar-refractivity contribution in [3.63, 3.8) is 0 Å². The van der Waals surface area contributed by atoms with Gasteiger partial charge in [0.05, 0.1) is 0 Å². The first-order valence-corrected chi connectivity index (χ1v) is 4.57. The summed E-state index contributed by atoms with van der Waals surface area (Å²) in [6, 6.07) is 5.36. The summed E-state index contributed by atoms with van der Waals surface area (Å²) >= 11 is 0. The maximum Gasteiger partial charge on any atom is 0.227 e. The van der Waals surface area contributed by atoms with E-state index < -0.39 is 0 Å². The molecule has 0 saturated heterocycles. The number of hydrogen-bond donors (Lipinski definition) is 2. The van der Waals surface area contributed by atoms with E-state index in [1.54, 1.807) is 13.0 Å². The van der Waals surface area contributed by atoms with Crippen molar-refractivity contribution < 1.29 is 4.79 Å². The van der Waals surface area contributed by atoms with E-state index in [2.05, 4.69) is 10.3 Å². The highest BCUT2D eigenvalue weighted by molar-refractivity contribution is 5.90. The fourth-order valence-corrected chi connectivity index (χ4v) is 1.10. The Morgan fingerprint density at radius 1 is 1.64 bits per heavy atom. The summed E-state index contributed by atoms with van der Waals surface area (Å²) in [6.45, 7) is 3.67. The molecule has 0 saturated carbocycles. The molecule has 14 heavy (non-hydrogen) atoms. The fourth-order valence-electron chi connectivity index (χ4n) is 1.10. The lowest BCUT2D eigenvalue weighted by Crippen LogP contribution is -2.24. The molecule has 1 unspecified atom stereocenters. The summed E-state index contributed by atoms with van der Waals surface area (Å²) < 4.78 is 0. The molecule has 4 nitrogen and oxygen atoms in total. The molecule has 0 radical (unpaired) electrons. The maximum atomic E-state index is 11.3. The number of carbonyl (C=O) groups excluding carboxylic acids is 1. The Morgan fingerprint density at radius 3 is 2.93 bits per heavy atom. The van der Waals surface area contributed by atoms with Crippen LogP contribution in [0.3, 0.4) is 0 Å². The Balaban J connectivity index is 2.56. The highest BCUT2D eigenvalue weighted by Crippen LogP contribution is 2.04. The highest BCUT2D eigenvalue weighted by Gasteiger charge is 2.05. The molecule has 0 aliphatic rings. The van der Waals surface area contributed by atoms with Crippen LogP contribution in [0.5, 0.6) is 0 Å². The van der Waals surface area contributed by atoms with Gasteiger partial charge in [0, 0.05) is 18.2 Å². The molecule has 0 spiro atoms. The summed E-state index contributed by atoms with van der Waals surface area (Å²) in [5, 5.41) is 2.68. The van der Waals surface area contributed by atoms with Gasteiger partial charge in [-0.3, -0.25) is 4.79 Å². The lowest BCUT2D eigenvalue weighted by molar-refractivity contribution is -0.116. The quantitative estimate of drug-likeness (QED) is 0.754. The van der Waals surface area contributed by atoms with Crippen LogP contribution < -0.4 is 11.1 Å². The molecule has 1 rings (SSSR count). The minimum atomic E-state index is -0.125. The van der Waals surface area contributed by atoms with Crippen LogP contribution in [-0.2, 0) is 4.79 Å². The van der Waals surface area contributed by atoms with Gasteiger partial charge < -0.3 is 11.1 Å². The number of carbonyl (C=O) groups is 1. The van der Waals surface area contributed by atoms with Crippen molar-refractivity contribution in [2.45, 2.75) is 26.3 Å². The second kappa shape index (κ2) is 4.72. The second-order valence-electron chi connectivity index (χ2n) is 3.39. The van der Waals surface area contributed by atoms with Crippen LogP contribution in [0.4, 0.5) is 5.82 Å². The predicted octanol–water partition coefficient (Wildman–Crippen LogP) is 1.07. The van der Waals surface area contributed by atoms with Crippen molar-refractivity contribution in [1.29, 1.82) is 0 Å². The third kappa shape index (κ3) is 3.53. The normalized spacial score (nSPS) is 12.2. The van der Waals surface area contributed by atoms with E-state index >= 15 is 0 Å². The Bertz CT molecular complexity index is 323. The molecule has 1 aromatic heterocycles.